The van der Waals surface area contributed by atoms with Crippen molar-refractivity contribution < 1.29 is 18.9 Å². The van der Waals surface area contributed by atoms with Crippen LogP contribution in [0.25, 0.3) is 0 Å². The second-order valence-corrected chi connectivity index (χ2v) is 6.21. The molecule has 1 aromatic heterocycles. The van der Waals surface area contributed by atoms with E-state index >= 15 is 0 Å². The molecule has 0 N–H and O–H groups in total. The number of methoxy groups -OCH3 is 3. The highest BCUT2D eigenvalue weighted by Gasteiger charge is 2.24. The number of hydrogen-bond acceptors (Lipinski definition) is 9. The van der Waals surface area contributed by atoms with Crippen LogP contribution in [0.4, 0.5) is 17.6 Å². The first-order chi connectivity index (χ1) is 13.6. The van der Waals surface area contributed by atoms with Crippen molar-refractivity contribution in [2.45, 2.75) is 13.8 Å². The van der Waals surface area contributed by atoms with Crippen LogP contribution in [0.2, 0.25) is 0 Å². The third kappa shape index (κ3) is 4.04. The van der Waals surface area contributed by atoms with E-state index in [9.17, 15) is 0 Å². The van der Waals surface area contributed by atoms with Crippen molar-refractivity contribution in [2.24, 2.45) is 0 Å². The predicted octanol–water partition coefficient (Wildman–Crippen LogP) is 2.20. The van der Waals surface area contributed by atoms with Gasteiger partial charge in [-0.2, -0.15) is 15.0 Å². The Balaban J connectivity index is 2.08. The Morgan fingerprint density at radius 3 is 2.18 bits per heavy atom. The molecule has 152 valence electrons. The lowest BCUT2D eigenvalue weighted by Gasteiger charge is -2.29. The summed E-state index contributed by atoms with van der Waals surface area (Å²) in [6.07, 6.45) is 0. The van der Waals surface area contributed by atoms with Crippen molar-refractivity contribution >= 4 is 17.6 Å². The lowest BCUT2D eigenvalue weighted by molar-refractivity contribution is 0.122. The molecule has 9 nitrogen and oxygen atoms in total. The number of benzene rings is 1. The molecule has 1 fully saturated rings. The monoisotopic (exact) mass is 389 g/mol. The van der Waals surface area contributed by atoms with E-state index in [0.29, 0.717) is 54.7 Å². The lowest BCUT2D eigenvalue weighted by Crippen LogP contribution is -2.38. The van der Waals surface area contributed by atoms with Crippen molar-refractivity contribution in [3.8, 4) is 17.2 Å². The van der Waals surface area contributed by atoms with Crippen LogP contribution in [0, 0.1) is 6.92 Å². The summed E-state index contributed by atoms with van der Waals surface area (Å²) in [7, 11) is 4.84. The molecule has 0 spiro atoms. The summed E-state index contributed by atoms with van der Waals surface area (Å²) in [6.45, 7) is 7.34. The molecule has 0 atom stereocenters. The molecular formula is C19H27N5O4. The highest BCUT2D eigenvalue weighted by Crippen LogP contribution is 2.43. The second kappa shape index (κ2) is 8.92. The summed E-state index contributed by atoms with van der Waals surface area (Å²) in [6, 6.07) is 3.63. The Morgan fingerprint density at radius 1 is 1.00 bits per heavy atom. The molecule has 0 unspecified atom stereocenters. The second-order valence-electron chi connectivity index (χ2n) is 6.21. The van der Waals surface area contributed by atoms with Gasteiger partial charge in [0.25, 0.3) is 0 Å². The summed E-state index contributed by atoms with van der Waals surface area (Å²) in [5, 5.41) is 0. The molecule has 0 amide bonds. The largest absolute Gasteiger partial charge is 0.496 e. The van der Waals surface area contributed by atoms with Crippen LogP contribution in [0.1, 0.15) is 12.7 Å². The Morgan fingerprint density at radius 2 is 1.64 bits per heavy atom. The van der Waals surface area contributed by atoms with Gasteiger partial charge >= 0.3 is 0 Å². The third-order valence-electron chi connectivity index (χ3n) is 4.53. The van der Waals surface area contributed by atoms with E-state index < -0.39 is 0 Å². The number of nitrogens with zero attached hydrogens (tertiary/aromatic N) is 5. The first-order valence-corrected chi connectivity index (χ1v) is 9.24. The van der Waals surface area contributed by atoms with Crippen LogP contribution < -0.4 is 24.0 Å². The van der Waals surface area contributed by atoms with Crippen LogP contribution in [0.5, 0.6) is 17.2 Å². The Hall–Kier alpha value is -2.81. The Bertz CT molecular complexity index is 786. The highest BCUT2D eigenvalue weighted by molar-refractivity contribution is 5.75. The molecule has 9 heteroatoms. The van der Waals surface area contributed by atoms with E-state index in [-0.39, 0.29) is 0 Å². The third-order valence-corrected chi connectivity index (χ3v) is 4.53. The Kier molecular flexibility index (Phi) is 6.35. The lowest BCUT2D eigenvalue weighted by atomic mass is 10.2. The minimum absolute atomic E-state index is 0.540. The topological polar surface area (TPSA) is 82.1 Å². The van der Waals surface area contributed by atoms with Gasteiger partial charge in [-0.1, -0.05) is 0 Å². The molecular weight excluding hydrogens is 362 g/mol. The molecule has 1 aliphatic rings. The molecule has 0 bridgehead atoms. The van der Waals surface area contributed by atoms with E-state index in [1.165, 1.54) is 0 Å². The first-order valence-electron chi connectivity index (χ1n) is 9.24. The van der Waals surface area contributed by atoms with E-state index in [1.54, 1.807) is 21.3 Å². The smallest absolute Gasteiger partial charge is 0.235 e. The van der Waals surface area contributed by atoms with Crippen LogP contribution >= 0.6 is 0 Å². The molecule has 1 aromatic carbocycles. The van der Waals surface area contributed by atoms with Crippen molar-refractivity contribution in [1.82, 2.24) is 15.0 Å². The van der Waals surface area contributed by atoms with E-state index in [0.717, 1.165) is 18.8 Å². The van der Waals surface area contributed by atoms with Gasteiger partial charge in [0.05, 0.1) is 34.5 Å². The predicted molar refractivity (Wildman–Crippen MR) is 106 cm³/mol. The maximum Gasteiger partial charge on any atom is 0.235 e. The minimum Gasteiger partial charge on any atom is -0.496 e. The van der Waals surface area contributed by atoms with Gasteiger partial charge in [0.2, 0.25) is 11.9 Å². The van der Waals surface area contributed by atoms with Crippen molar-refractivity contribution in [3.05, 3.63) is 18.0 Å². The summed E-state index contributed by atoms with van der Waals surface area (Å²) >= 11 is 0. The fourth-order valence-electron chi connectivity index (χ4n) is 3.13. The number of hydrogen-bond donors (Lipinski definition) is 0. The quantitative estimate of drug-likeness (QED) is 0.708. The maximum atomic E-state index is 5.61. The van der Waals surface area contributed by atoms with Crippen LogP contribution in [-0.2, 0) is 4.74 Å². The molecule has 1 aliphatic heterocycles. The zero-order valence-corrected chi connectivity index (χ0v) is 17.1. The van der Waals surface area contributed by atoms with Gasteiger partial charge in [0, 0.05) is 31.8 Å². The van der Waals surface area contributed by atoms with Crippen molar-refractivity contribution in [2.75, 3.05) is 64.0 Å². The average Bonchev–Trinajstić information content (AvgIpc) is 2.74. The van der Waals surface area contributed by atoms with E-state index in [2.05, 4.69) is 14.9 Å². The normalized spacial score (nSPS) is 14.0. The summed E-state index contributed by atoms with van der Waals surface area (Å²) in [4.78, 5) is 17.9. The van der Waals surface area contributed by atoms with Gasteiger partial charge in [-0.05, 0) is 13.8 Å². The average molecular weight is 389 g/mol. The first kappa shape index (κ1) is 19.9. The Labute approximate surface area is 165 Å². The van der Waals surface area contributed by atoms with Gasteiger partial charge in [-0.3, -0.25) is 0 Å². The van der Waals surface area contributed by atoms with Crippen LogP contribution in [0.15, 0.2) is 12.1 Å². The maximum absolute atomic E-state index is 5.61. The molecule has 2 aromatic rings. The molecule has 0 saturated carbocycles. The van der Waals surface area contributed by atoms with E-state index in [4.69, 9.17) is 23.9 Å². The number of rotatable bonds is 7. The highest BCUT2D eigenvalue weighted by atomic mass is 16.5. The number of aryl methyl sites for hydroxylation is 1. The number of anilines is 3. The number of aromatic nitrogens is 3. The van der Waals surface area contributed by atoms with Gasteiger partial charge in [-0.15, -0.1) is 0 Å². The number of ether oxygens (including phenoxy) is 4. The molecule has 2 heterocycles. The van der Waals surface area contributed by atoms with Gasteiger partial charge < -0.3 is 28.7 Å². The molecule has 1 saturated heterocycles. The standard InChI is InChI=1S/C19H27N5O4/c1-6-24(17-15(26-4)11-14(25-3)12-16(17)27-5)19-21-13(2)20-18(22-19)23-7-9-28-10-8-23/h11-12H,6-10H2,1-5H3. The molecule has 0 radical (unpaired) electrons. The minimum atomic E-state index is 0.540. The van der Waals surface area contributed by atoms with Crippen LogP contribution in [-0.4, -0.2) is 69.1 Å². The number of morpholine rings is 1. The SMILES string of the molecule is CCN(c1nc(C)nc(N2CCOCC2)n1)c1c(OC)cc(OC)cc1OC. The zero-order valence-electron chi connectivity index (χ0n) is 17.1. The zero-order chi connectivity index (χ0) is 20.1. The summed E-state index contributed by atoms with van der Waals surface area (Å²) < 4.78 is 22.0. The molecule has 3 rings (SSSR count). The van der Waals surface area contributed by atoms with Gasteiger partial charge in [0.15, 0.2) is 0 Å². The van der Waals surface area contributed by atoms with Crippen molar-refractivity contribution in [3.63, 3.8) is 0 Å². The van der Waals surface area contributed by atoms with Gasteiger partial charge in [0.1, 0.15) is 28.8 Å². The van der Waals surface area contributed by atoms with Gasteiger partial charge in [-0.25, -0.2) is 0 Å². The summed E-state index contributed by atoms with van der Waals surface area (Å²) in [5.41, 5.74) is 0.742. The van der Waals surface area contributed by atoms with Crippen molar-refractivity contribution in [1.29, 1.82) is 0 Å². The molecule has 28 heavy (non-hydrogen) atoms. The fourth-order valence-corrected chi connectivity index (χ4v) is 3.13. The molecule has 0 aliphatic carbocycles. The van der Waals surface area contributed by atoms with E-state index in [1.807, 2.05) is 30.9 Å². The van der Waals surface area contributed by atoms with Crippen LogP contribution in [0.3, 0.4) is 0 Å². The summed E-state index contributed by atoms with van der Waals surface area (Å²) in [5.74, 6) is 3.72. The fraction of sp³-hybridized carbons (Fsp3) is 0.526.